The highest BCUT2D eigenvalue weighted by molar-refractivity contribution is 6.63. The van der Waals surface area contributed by atoms with E-state index in [9.17, 15) is 4.79 Å². The van der Waals surface area contributed by atoms with Crippen LogP contribution >= 0.6 is 23.2 Å². The van der Waals surface area contributed by atoms with E-state index in [0.29, 0.717) is 22.1 Å². The molecule has 0 radical (unpaired) electrons. The number of benzene rings is 2. The van der Waals surface area contributed by atoms with Crippen molar-refractivity contribution >= 4 is 28.4 Å². The Labute approximate surface area is 115 Å². The molecule has 2 aromatic rings. The Hall–Kier alpha value is -1.51. The molecule has 0 aromatic heterocycles. The van der Waals surface area contributed by atoms with Gasteiger partial charge in [-0.05, 0) is 41.9 Å². The Morgan fingerprint density at radius 3 is 2.50 bits per heavy atom. The van der Waals surface area contributed by atoms with Crippen LogP contribution in [0.25, 0.3) is 0 Å². The van der Waals surface area contributed by atoms with Crippen LogP contribution in [0, 0.1) is 0 Å². The first-order chi connectivity index (χ1) is 8.65. The molecule has 18 heavy (non-hydrogen) atoms. The van der Waals surface area contributed by atoms with E-state index in [4.69, 9.17) is 27.9 Å². The molecule has 0 heterocycles. The summed E-state index contributed by atoms with van der Waals surface area (Å²) in [5.41, 5.74) is 0.673. The van der Waals surface area contributed by atoms with Crippen molar-refractivity contribution in [3.05, 3.63) is 59.1 Å². The maximum absolute atomic E-state index is 11.0. The minimum atomic E-state index is -0.449. The molecule has 0 aliphatic heterocycles. The van der Waals surface area contributed by atoms with E-state index in [0.717, 1.165) is 0 Å². The van der Waals surface area contributed by atoms with Crippen LogP contribution in [-0.2, 0) is 11.2 Å². The zero-order chi connectivity index (χ0) is 13.0. The largest absolute Gasteiger partial charge is 0.457 e. The highest BCUT2D eigenvalue weighted by Gasteiger charge is 2.09. The van der Waals surface area contributed by atoms with Gasteiger partial charge in [-0.1, -0.05) is 29.8 Å². The minimum Gasteiger partial charge on any atom is -0.457 e. The van der Waals surface area contributed by atoms with Gasteiger partial charge in [0.05, 0.1) is 6.42 Å². The Morgan fingerprint density at radius 2 is 1.83 bits per heavy atom. The van der Waals surface area contributed by atoms with Crippen LogP contribution < -0.4 is 4.74 Å². The molecule has 0 amide bonds. The third-order valence-electron chi connectivity index (χ3n) is 2.32. The Bertz CT molecular complexity index is 553. The van der Waals surface area contributed by atoms with Crippen molar-refractivity contribution in [1.82, 2.24) is 0 Å². The monoisotopic (exact) mass is 280 g/mol. The Kier molecular flexibility index (Phi) is 4.24. The summed E-state index contributed by atoms with van der Waals surface area (Å²) < 4.78 is 5.70. The molecule has 0 saturated heterocycles. The van der Waals surface area contributed by atoms with Gasteiger partial charge in [-0.2, -0.15) is 0 Å². The molecule has 0 aliphatic carbocycles. The molecule has 0 atom stereocenters. The van der Waals surface area contributed by atoms with E-state index >= 15 is 0 Å². The van der Waals surface area contributed by atoms with Gasteiger partial charge in [0.25, 0.3) is 0 Å². The van der Waals surface area contributed by atoms with Crippen LogP contribution in [-0.4, -0.2) is 5.24 Å². The van der Waals surface area contributed by atoms with Crippen molar-refractivity contribution in [1.29, 1.82) is 0 Å². The number of carbonyl (C=O) groups excluding carboxylic acids is 1. The van der Waals surface area contributed by atoms with Crippen molar-refractivity contribution < 1.29 is 9.53 Å². The molecule has 0 N–H and O–H groups in total. The molecule has 0 bridgehead atoms. The second kappa shape index (κ2) is 5.89. The van der Waals surface area contributed by atoms with E-state index in [1.54, 1.807) is 18.2 Å². The molecule has 2 aromatic carbocycles. The van der Waals surface area contributed by atoms with Crippen LogP contribution in [0.1, 0.15) is 5.56 Å². The molecule has 0 aliphatic rings. The molecule has 0 unspecified atom stereocenters. The number of para-hydroxylation sites is 1. The fraction of sp³-hybridized carbons (Fsp3) is 0.0714. The molecule has 2 nitrogen and oxygen atoms in total. The molecule has 4 heteroatoms. The highest BCUT2D eigenvalue weighted by atomic mass is 35.5. The smallest absolute Gasteiger partial charge is 0.226 e. The third kappa shape index (κ3) is 3.49. The predicted molar refractivity (Wildman–Crippen MR) is 72.5 cm³/mol. The molecular weight excluding hydrogens is 271 g/mol. The SMILES string of the molecule is O=C(Cl)Cc1cc(Cl)ccc1Oc1ccccc1. The predicted octanol–water partition coefficient (Wildman–Crippen LogP) is 4.44. The summed E-state index contributed by atoms with van der Waals surface area (Å²) in [7, 11) is 0. The van der Waals surface area contributed by atoms with Crippen LogP contribution in [0.15, 0.2) is 48.5 Å². The van der Waals surface area contributed by atoms with Gasteiger partial charge < -0.3 is 4.74 Å². The molecule has 0 fully saturated rings. The lowest BCUT2D eigenvalue weighted by Crippen LogP contribution is -1.97. The van der Waals surface area contributed by atoms with E-state index < -0.39 is 5.24 Å². The quantitative estimate of drug-likeness (QED) is 0.774. The Balaban J connectivity index is 2.29. The van der Waals surface area contributed by atoms with Gasteiger partial charge >= 0.3 is 0 Å². The van der Waals surface area contributed by atoms with Gasteiger partial charge in [0, 0.05) is 10.6 Å². The van der Waals surface area contributed by atoms with E-state index in [1.807, 2.05) is 30.3 Å². The van der Waals surface area contributed by atoms with Gasteiger partial charge in [0.2, 0.25) is 5.24 Å². The number of carbonyl (C=O) groups is 1. The summed E-state index contributed by atoms with van der Waals surface area (Å²) in [4.78, 5) is 11.0. The maximum atomic E-state index is 11.0. The summed E-state index contributed by atoms with van der Waals surface area (Å²) in [5, 5.41) is 0.0958. The average Bonchev–Trinajstić information content (AvgIpc) is 2.33. The number of hydrogen-bond acceptors (Lipinski definition) is 2. The first-order valence-electron chi connectivity index (χ1n) is 5.35. The molecule has 0 spiro atoms. The van der Waals surface area contributed by atoms with Crippen molar-refractivity contribution in [2.24, 2.45) is 0 Å². The summed E-state index contributed by atoms with van der Waals surface area (Å²) in [6.07, 6.45) is 0.0876. The van der Waals surface area contributed by atoms with E-state index in [2.05, 4.69) is 0 Å². The lowest BCUT2D eigenvalue weighted by Gasteiger charge is -2.10. The average molecular weight is 281 g/mol. The van der Waals surface area contributed by atoms with Gasteiger partial charge in [0.15, 0.2) is 0 Å². The third-order valence-corrected chi connectivity index (χ3v) is 2.69. The van der Waals surface area contributed by atoms with Crippen molar-refractivity contribution in [2.45, 2.75) is 6.42 Å². The minimum absolute atomic E-state index is 0.0876. The normalized spacial score (nSPS) is 10.1. The first-order valence-corrected chi connectivity index (χ1v) is 6.10. The fourth-order valence-corrected chi connectivity index (χ4v) is 1.89. The highest BCUT2D eigenvalue weighted by Crippen LogP contribution is 2.28. The van der Waals surface area contributed by atoms with Crippen LogP contribution in [0.3, 0.4) is 0 Å². The Morgan fingerprint density at radius 1 is 1.11 bits per heavy atom. The number of hydrogen-bond donors (Lipinski definition) is 0. The summed E-state index contributed by atoms with van der Waals surface area (Å²) in [6.45, 7) is 0. The van der Waals surface area contributed by atoms with Gasteiger partial charge in [-0.3, -0.25) is 4.79 Å². The summed E-state index contributed by atoms with van der Waals surface area (Å²) >= 11 is 11.3. The van der Waals surface area contributed by atoms with Crippen LogP contribution in [0.2, 0.25) is 5.02 Å². The van der Waals surface area contributed by atoms with Crippen LogP contribution in [0.4, 0.5) is 0 Å². The second-order valence-corrected chi connectivity index (χ2v) is 4.56. The van der Waals surface area contributed by atoms with Crippen molar-refractivity contribution in [2.75, 3.05) is 0 Å². The topological polar surface area (TPSA) is 26.3 Å². The molecule has 0 saturated carbocycles. The molecular formula is C14H10Cl2O2. The summed E-state index contributed by atoms with van der Waals surface area (Å²) in [5.74, 6) is 1.28. The van der Waals surface area contributed by atoms with E-state index in [-0.39, 0.29) is 6.42 Å². The number of ether oxygens (including phenoxy) is 1. The molecule has 2 rings (SSSR count). The maximum Gasteiger partial charge on any atom is 0.226 e. The van der Waals surface area contributed by atoms with Crippen LogP contribution in [0.5, 0.6) is 11.5 Å². The standard InChI is InChI=1S/C14H10Cl2O2/c15-11-6-7-13(10(8-11)9-14(16)17)18-12-4-2-1-3-5-12/h1-8H,9H2. The van der Waals surface area contributed by atoms with Crippen molar-refractivity contribution in [3.8, 4) is 11.5 Å². The fourth-order valence-electron chi connectivity index (χ4n) is 1.55. The first kappa shape index (κ1) is 12.9. The zero-order valence-electron chi connectivity index (χ0n) is 9.40. The number of rotatable bonds is 4. The lowest BCUT2D eigenvalue weighted by atomic mass is 10.1. The number of halogens is 2. The molecule has 92 valence electrons. The van der Waals surface area contributed by atoms with Gasteiger partial charge in [-0.15, -0.1) is 0 Å². The van der Waals surface area contributed by atoms with E-state index in [1.165, 1.54) is 0 Å². The zero-order valence-corrected chi connectivity index (χ0v) is 10.9. The second-order valence-electron chi connectivity index (χ2n) is 3.70. The van der Waals surface area contributed by atoms with Gasteiger partial charge in [0.1, 0.15) is 11.5 Å². The summed E-state index contributed by atoms with van der Waals surface area (Å²) in [6, 6.07) is 14.4. The van der Waals surface area contributed by atoms with Gasteiger partial charge in [-0.25, -0.2) is 0 Å². The lowest BCUT2D eigenvalue weighted by molar-refractivity contribution is -0.111. The van der Waals surface area contributed by atoms with Crippen molar-refractivity contribution in [3.63, 3.8) is 0 Å².